The van der Waals surface area contributed by atoms with E-state index < -0.39 is 0 Å². The van der Waals surface area contributed by atoms with Crippen LogP contribution in [0.25, 0.3) is 10.2 Å². The molecular weight excluding hydrogens is 252 g/mol. The maximum absolute atomic E-state index is 6.12. The molecule has 0 saturated heterocycles. The summed E-state index contributed by atoms with van der Waals surface area (Å²) in [5, 5.41) is 5.14. The van der Waals surface area contributed by atoms with Crippen LogP contribution in [0.3, 0.4) is 0 Å². The Morgan fingerprint density at radius 1 is 1.29 bits per heavy atom. The first-order chi connectivity index (χ1) is 8.31. The number of anilines is 1. The first-order valence-electron chi connectivity index (χ1n) is 6.10. The molecule has 0 radical (unpaired) electrons. The van der Waals surface area contributed by atoms with Crippen molar-refractivity contribution in [3.05, 3.63) is 23.2 Å². The van der Waals surface area contributed by atoms with Crippen molar-refractivity contribution in [1.82, 2.24) is 4.98 Å². The van der Waals surface area contributed by atoms with E-state index in [9.17, 15) is 0 Å². The molecule has 0 fully saturated rings. The Kier molecular flexibility index (Phi) is 4.63. The zero-order valence-electron chi connectivity index (χ0n) is 10.0. The van der Waals surface area contributed by atoms with Crippen molar-refractivity contribution < 1.29 is 0 Å². The highest BCUT2D eigenvalue weighted by atomic mass is 35.5. The third kappa shape index (κ3) is 3.33. The third-order valence-electron chi connectivity index (χ3n) is 2.67. The smallest absolute Gasteiger partial charge is 0.183 e. The molecule has 4 heteroatoms. The van der Waals surface area contributed by atoms with Gasteiger partial charge in [0.2, 0.25) is 0 Å². The van der Waals surface area contributed by atoms with E-state index in [1.54, 1.807) is 11.3 Å². The van der Waals surface area contributed by atoms with Crippen LogP contribution in [-0.4, -0.2) is 11.5 Å². The fourth-order valence-corrected chi connectivity index (χ4v) is 2.92. The standard InChI is InChI=1S/C13H17ClN2S/c1-2-3-4-5-9-15-13-16-11-8-6-7-10(14)12(11)17-13/h6-8H,2-5,9H2,1H3,(H,15,16). The van der Waals surface area contributed by atoms with Gasteiger partial charge in [-0.2, -0.15) is 0 Å². The number of rotatable bonds is 6. The first kappa shape index (κ1) is 12.7. The van der Waals surface area contributed by atoms with Crippen LogP contribution in [-0.2, 0) is 0 Å². The van der Waals surface area contributed by atoms with Crippen molar-refractivity contribution in [2.45, 2.75) is 32.6 Å². The molecule has 0 bridgehead atoms. The summed E-state index contributed by atoms with van der Waals surface area (Å²) in [7, 11) is 0. The second-order valence-electron chi connectivity index (χ2n) is 4.09. The molecule has 17 heavy (non-hydrogen) atoms. The number of aromatic nitrogens is 1. The van der Waals surface area contributed by atoms with Crippen LogP contribution in [0.15, 0.2) is 18.2 Å². The summed E-state index contributed by atoms with van der Waals surface area (Å²) < 4.78 is 1.07. The highest BCUT2D eigenvalue weighted by Gasteiger charge is 2.05. The van der Waals surface area contributed by atoms with E-state index in [1.807, 2.05) is 18.2 Å². The Labute approximate surface area is 111 Å². The van der Waals surface area contributed by atoms with Gasteiger partial charge < -0.3 is 5.32 Å². The van der Waals surface area contributed by atoms with Crippen LogP contribution >= 0.6 is 22.9 Å². The van der Waals surface area contributed by atoms with Gasteiger partial charge in [-0.1, -0.05) is 55.2 Å². The minimum atomic E-state index is 0.791. The highest BCUT2D eigenvalue weighted by molar-refractivity contribution is 7.22. The third-order valence-corrected chi connectivity index (χ3v) is 4.16. The van der Waals surface area contributed by atoms with E-state index in [-0.39, 0.29) is 0 Å². The molecule has 2 rings (SSSR count). The summed E-state index contributed by atoms with van der Waals surface area (Å²) in [6.07, 6.45) is 5.08. The zero-order valence-corrected chi connectivity index (χ0v) is 11.6. The summed E-state index contributed by atoms with van der Waals surface area (Å²) in [4.78, 5) is 4.51. The van der Waals surface area contributed by atoms with E-state index in [0.717, 1.165) is 26.9 Å². The van der Waals surface area contributed by atoms with Crippen LogP contribution in [0.4, 0.5) is 5.13 Å². The van der Waals surface area contributed by atoms with Gasteiger partial charge in [0.05, 0.1) is 15.2 Å². The fourth-order valence-electron chi connectivity index (χ4n) is 1.74. The molecule has 1 aromatic heterocycles. The van der Waals surface area contributed by atoms with Crippen LogP contribution in [0, 0.1) is 0 Å². The predicted octanol–water partition coefficient (Wildman–Crippen LogP) is 4.94. The minimum absolute atomic E-state index is 0.791. The van der Waals surface area contributed by atoms with Gasteiger partial charge in [0, 0.05) is 6.54 Å². The normalized spacial score (nSPS) is 10.9. The number of fused-ring (bicyclic) bond motifs is 1. The number of nitrogens with one attached hydrogen (secondary N) is 1. The average Bonchev–Trinajstić information content (AvgIpc) is 2.73. The Bertz CT molecular complexity index is 481. The van der Waals surface area contributed by atoms with Crippen LogP contribution in [0.2, 0.25) is 5.02 Å². The number of halogens is 1. The van der Waals surface area contributed by atoms with Gasteiger partial charge in [0.25, 0.3) is 0 Å². The second-order valence-corrected chi connectivity index (χ2v) is 5.50. The van der Waals surface area contributed by atoms with Gasteiger partial charge >= 0.3 is 0 Å². The largest absolute Gasteiger partial charge is 0.361 e. The van der Waals surface area contributed by atoms with Crippen LogP contribution in [0.5, 0.6) is 0 Å². The molecule has 1 N–H and O–H groups in total. The van der Waals surface area contributed by atoms with Gasteiger partial charge in [-0.15, -0.1) is 0 Å². The molecule has 0 spiro atoms. The van der Waals surface area contributed by atoms with Crippen molar-refractivity contribution in [2.75, 3.05) is 11.9 Å². The van der Waals surface area contributed by atoms with Crippen molar-refractivity contribution in [3.63, 3.8) is 0 Å². The number of unbranched alkanes of at least 4 members (excludes halogenated alkanes) is 3. The van der Waals surface area contributed by atoms with Crippen molar-refractivity contribution >= 4 is 38.3 Å². The second kappa shape index (κ2) is 6.22. The summed E-state index contributed by atoms with van der Waals surface area (Å²) in [5.74, 6) is 0. The van der Waals surface area contributed by atoms with E-state index in [2.05, 4.69) is 17.2 Å². The van der Waals surface area contributed by atoms with E-state index >= 15 is 0 Å². The Balaban J connectivity index is 1.93. The Hall–Kier alpha value is -0.800. The first-order valence-corrected chi connectivity index (χ1v) is 7.29. The Morgan fingerprint density at radius 2 is 2.18 bits per heavy atom. The SMILES string of the molecule is CCCCCCNc1nc2cccc(Cl)c2s1. The molecule has 92 valence electrons. The summed E-state index contributed by atoms with van der Waals surface area (Å²) in [5.41, 5.74) is 0.985. The molecule has 0 aliphatic carbocycles. The molecule has 0 aliphatic rings. The lowest BCUT2D eigenvalue weighted by Gasteiger charge is -2.00. The number of hydrogen-bond acceptors (Lipinski definition) is 3. The monoisotopic (exact) mass is 268 g/mol. The van der Waals surface area contributed by atoms with Gasteiger partial charge in [-0.25, -0.2) is 4.98 Å². The molecule has 2 aromatic rings. The van der Waals surface area contributed by atoms with E-state index in [4.69, 9.17) is 11.6 Å². The number of nitrogens with zero attached hydrogens (tertiary/aromatic N) is 1. The van der Waals surface area contributed by atoms with Crippen molar-refractivity contribution in [2.24, 2.45) is 0 Å². The van der Waals surface area contributed by atoms with Gasteiger partial charge in [-0.3, -0.25) is 0 Å². The summed E-state index contributed by atoms with van der Waals surface area (Å²) in [6, 6.07) is 5.85. The van der Waals surface area contributed by atoms with E-state index in [0.29, 0.717) is 0 Å². The molecule has 0 unspecified atom stereocenters. The zero-order chi connectivity index (χ0) is 12.1. The van der Waals surface area contributed by atoms with Gasteiger partial charge in [0.1, 0.15) is 0 Å². The summed E-state index contributed by atoms with van der Waals surface area (Å²) >= 11 is 7.75. The number of thiazole rings is 1. The molecule has 0 saturated carbocycles. The molecule has 0 aliphatic heterocycles. The molecular formula is C13H17ClN2S. The maximum atomic E-state index is 6.12. The molecule has 1 aromatic carbocycles. The topological polar surface area (TPSA) is 24.9 Å². The number of hydrogen-bond donors (Lipinski definition) is 1. The highest BCUT2D eigenvalue weighted by Crippen LogP contribution is 2.31. The molecule has 1 heterocycles. The van der Waals surface area contributed by atoms with Gasteiger partial charge in [-0.05, 0) is 18.6 Å². The van der Waals surface area contributed by atoms with E-state index in [1.165, 1.54) is 25.7 Å². The summed E-state index contributed by atoms with van der Waals surface area (Å²) in [6.45, 7) is 3.22. The lowest BCUT2D eigenvalue weighted by molar-refractivity contribution is 0.685. The quantitative estimate of drug-likeness (QED) is 0.751. The number of benzene rings is 1. The maximum Gasteiger partial charge on any atom is 0.183 e. The molecule has 2 nitrogen and oxygen atoms in total. The molecule has 0 amide bonds. The minimum Gasteiger partial charge on any atom is -0.361 e. The lowest BCUT2D eigenvalue weighted by atomic mass is 10.2. The van der Waals surface area contributed by atoms with Crippen molar-refractivity contribution in [3.8, 4) is 0 Å². The van der Waals surface area contributed by atoms with Crippen LogP contribution < -0.4 is 5.32 Å². The van der Waals surface area contributed by atoms with Gasteiger partial charge in [0.15, 0.2) is 5.13 Å². The van der Waals surface area contributed by atoms with Crippen LogP contribution in [0.1, 0.15) is 32.6 Å². The fraction of sp³-hybridized carbons (Fsp3) is 0.462. The van der Waals surface area contributed by atoms with Crippen molar-refractivity contribution in [1.29, 1.82) is 0 Å². The lowest BCUT2D eigenvalue weighted by Crippen LogP contribution is -2.00. The average molecular weight is 269 g/mol. The Morgan fingerprint density at radius 3 is 2.94 bits per heavy atom. The molecule has 0 atom stereocenters. The predicted molar refractivity (Wildman–Crippen MR) is 77.3 cm³/mol.